The highest BCUT2D eigenvalue weighted by Gasteiger charge is 1.97. The van der Waals surface area contributed by atoms with Crippen LogP contribution in [-0.4, -0.2) is 15.0 Å². The molecule has 4 heteroatoms. The highest BCUT2D eigenvalue weighted by molar-refractivity contribution is 5.10. The minimum atomic E-state index is 0.735. The van der Waals surface area contributed by atoms with E-state index in [4.69, 9.17) is 0 Å². The lowest BCUT2D eigenvalue weighted by atomic mass is 10.3. The first-order chi connectivity index (χ1) is 8.24. The fourth-order valence-electron chi connectivity index (χ4n) is 1.62. The van der Waals surface area contributed by atoms with Crippen molar-refractivity contribution in [2.45, 2.75) is 26.9 Å². The van der Waals surface area contributed by atoms with Crippen LogP contribution in [0, 0.1) is 13.8 Å². The predicted molar refractivity (Wildman–Crippen MR) is 66.3 cm³/mol. The minimum Gasteiger partial charge on any atom is -0.306 e. The summed E-state index contributed by atoms with van der Waals surface area (Å²) in [6.45, 7) is 5.38. The van der Waals surface area contributed by atoms with Crippen molar-refractivity contribution in [2.24, 2.45) is 0 Å². The second kappa shape index (κ2) is 5.50. The van der Waals surface area contributed by atoms with Gasteiger partial charge in [0, 0.05) is 25.0 Å². The molecule has 88 valence electrons. The van der Waals surface area contributed by atoms with Crippen molar-refractivity contribution in [3.8, 4) is 0 Å². The van der Waals surface area contributed by atoms with E-state index < -0.39 is 0 Å². The number of nitrogens with one attached hydrogen (secondary N) is 1. The molecular weight excluding hydrogens is 212 g/mol. The zero-order chi connectivity index (χ0) is 12.1. The van der Waals surface area contributed by atoms with E-state index >= 15 is 0 Å². The lowest BCUT2D eigenvalue weighted by Crippen LogP contribution is -2.15. The van der Waals surface area contributed by atoms with Crippen LogP contribution in [0.3, 0.4) is 0 Å². The van der Waals surface area contributed by atoms with Gasteiger partial charge in [-0.25, -0.2) is 9.97 Å². The van der Waals surface area contributed by atoms with Gasteiger partial charge in [-0.2, -0.15) is 0 Å². The van der Waals surface area contributed by atoms with E-state index in [1.165, 1.54) is 0 Å². The van der Waals surface area contributed by atoms with Crippen molar-refractivity contribution in [1.82, 2.24) is 20.3 Å². The normalized spacial score (nSPS) is 10.5. The smallest absolute Gasteiger partial charge is 0.125 e. The van der Waals surface area contributed by atoms with Crippen molar-refractivity contribution in [1.29, 1.82) is 0 Å². The molecule has 0 atom stereocenters. The Labute approximate surface area is 101 Å². The van der Waals surface area contributed by atoms with Crippen molar-refractivity contribution >= 4 is 0 Å². The molecule has 0 aliphatic carbocycles. The first-order valence-corrected chi connectivity index (χ1v) is 5.66. The van der Waals surface area contributed by atoms with E-state index in [0.717, 1.165) is 36.0 Å². The molecule has 0 aromatic carbocycles. The third-order valence-corrected chi connectivity index (χ3v) is 2.39. The predicted octanol–water partition coefficient (Wildman–Crippen LogP) is 1.78. The molecule has 0 spiro atoms. The molecule has 0 fully saturated rings. The first kappa shape index (κ1) is 11.7. The number of pyridine rings is 1. The first-order valence-electron chi connectivity index (χ1n) is 5.66. The zero-order valence-electron chi connectivity index (χ0n) is 10.1. The standard InChI is InChI=1S/C13H16N4/c1-10-4-3-5-12(16-10)8-14-9-13-6-7-15-11(2)17-13/h3-7,14H,8-9H2,1-2H3. The Kier molecular flexibility index (Phi) is 3.77. The number of nitrogens with zero attached hydrogens (tertiary/aromatic N) is 3. The summed E-state index contributed by atoms with van der Waals surface area (Å²) in [6, 6.07) is 7.96. The maximum atomic E-state index is 4.43. The summed E-state index contributed by atoms with van der Waals surface area (Å²) in [5.41, 5.74) is 3.10. The summed E-state index contributed by atoms with van der Waals surface area (Å²) in [4.78, 5) is 12.8. The van der Waals surface area contributed by atoms with Crippen molar-refractivity contribution in [3.63, 3.8) is 0 Å². The topological polar surface area (TPSA) is 50.7 Å². The second-order valence-electron chi connectivity index (χ2n) is 3.97. The Morgan fingerprint density at radius 1 is 1.00 bits per heavy atom. The van der Waals surface area contributed by atoms with Crippen LogP contribution in [0.15, 0.2) is 30.5 Å². The molecule has 0 saturated carbocycles. The van der Waals surface area contributed by atoms with Crippen LogP contribution in [0.4, 0.5) is 0 Å². The maximum Gasteiger partial charge on any atom is 0.125 e. The fourth-order valence-corrected chi connectivity index (χ4v) is 1.62. The van der Waals surface area contributed by atoms with Crippen LogP contribution in [-0.2, 0) is 13.1 Å². The Morgan fingerprint density at radius 2 is 1.76 bits per heavy atom. The fraction of sp³-hybridized carbons (Fsp3) is 0.308. The van der Waals surface area contributed by atoms with Gasteiger partial charge in [0.05, 0.1) is 11.4 Å². The Balaban J connectivity index is 1.87. The number of hydrogen-bond acceptors (Lipinski definition) is 4. The number of aryl methyl sites for hydroxylation is 2. The third kappa shape index (κ3) is 3.60. The molecule has 0 bridgehead atoms. The Bertz CT molecular complexity index is 451. The summed E-state index contributed by atoms with van der Waals surface area (Å²) < 4.78 is 0. The van der Waals surface area contributed by atoms with Crippen molar-refractivity contribution in [2.75, 3.05) is 0 Å². The highest BCUT2D eigenvalue weighted by atomic mass is 14.9. The number of aromatic nitrogens is 3. The Morgan fingerprint density at radius 3 is 2.47 bits per heavy atom. The number of rotatable bonds is 4. The molecule has 0 aliphatic heterocycles. The van der Waals surface area contributed by atoms with E-state index in [9.17, 15) is 0 Å². The summed E-state index contributed by atoms with van der Waals surface area (Å²) in [6.07, 6.45) is 1.78. The molecule has 0 saturated heterocycles. The van der Waals surface area contributed by atoms with Gasteiger partial charge in [-0.3, -0.25) is 4.98 Å². The van der Waals surface area contributed by atoms with Gasteiger partial charge in [0.1, 0.15) is 5.82 Å². The van der Waals surface area contributed by atoms with Crippen LogP contribution in [0.25, 0.3) is 0 Å². The molecule has 2 rings (SSSR count). The van der Waals surface area contributed by atoms with Crippen molar-refractivity contribution < 1.29 is 0 Å². The molecule has 2 aromatic rings. The van der Waals surface area contributed by atoms with Gasteiger partial charge < -0.3 is 5.32 Å². The van der Waals surface area contributed by atoms with Gasteiger partial charge in [0.2, 0.25) is 0 Å². The van der Waals surface area contributed by atoms with Crippen LogP contribution >= 0.6 is 0 Å². The van der Waals surface area contributed by atoms with Crippen LogP contribution in [0.1, 0.15) is 22.9 Å². The zero-order valence-corrected chi connectivity index (χ0v) is 10.1. The molecule has 17 heavy (non-hydrogen) atoms. The Hall–Kier alpha value is -1.81. The molecule has 0 amide bonds. The van der Waals surface area contributed by atoms with Crippen molar-refractivity contribution in [3.05, 3.63) is 53.4 Å². The molecule has 0 radical (unpaired) electrons. The van der Waals surface area contributed by atoms with Gasteiger partial charge >= 0.3 is 0 Å². The third-order valence-electron chi connectivity index (χ3n) is 2.39. The molecule has 4 nitrogen and oxygen atoms in total. The molecule has 0 unspecified atom stereocenters. The van der Waals surface area contributed by atoms with Crippen LogP contribution in [0.5, 0.6) is 0 Å². The van der Waals surface area contributed by atoms with Crippen LogP contribution in [0.2, 0.25) is 0 Å². The lowest BCUT2D eigenvalue weighted by Gasteiger charge is -2.05. The second-order valence-corrected chi connectivity index (χ2v) is 3.97. The van der Waals surface area contributed by atoms with Gasteiger partial charge in [0.15, 0.2) is 0 Å². The number of hydrogen-bond donors (Lipinski definition) is 1. The van der Waals surface area contributed by atoms with E-state index in [1.807, 2.05) is 38.1 Å². The van der Waals surface area contributed by atoms with E-state index in [-0.39, 0.29) is 0 Å². The lowest BCUT2D eigenvalue weighted by molar-refractivity contribution is 0.662. The molecule has 1 N–H and O–H groups in total. The molecule has 2 heterocycles. The highest BCUT2D eigenvalue weighted by Crippen LogP contribution is 1.99. The van der Waals surface area contributed by atoms with Gasteiger partial charge in [0.25, 0.3) is 0 Å². The average molecular weight is 228 g/mol. The quantitative estimate of drug-likeness (QED) is 0.866. The van der Waals surface area contributed by atoms with E-state index in [1.54, 1.807) is 6.20 Å². The van der Waals surface area contributed by atoms with E-state index in [0.29, 0.717) is 0 Å². The SMILES string of the molecule is Cc1cccc(CNCc2ccnc(C)n2)n1. The van der Waals surface area contributed by atoms with Crippen LogP contribution < -0.4 is 5.32 Å². The molecule has 0 aliphatic rings. The van der Waals surface area contributed by atoms with Gasteiger partial charge in [-0.15, -0.1) is 0 Å². The van der Waals surface area contributed by atoms with E-state index in [2.05, 4.69) is 20.3 Å². The summed E-state index contributed by atoms with van der Waals surface area (Å²) in [5.74, 6) is 0.804. The maximum absolute atomic E-state index is 4.43. The molecular formula is C13H16N4. The minimum absolute atomic E-state index is 0.735. The largest absolute Gasteiger partial charge is 0.306 e. The van der Waals surface area contributed by atoms with Gasteiger partial charge in [-0.1, -0.05) is 6.07 Å². The molecule has 2 aromatic heterocycles. The average Bonchev–Trinajstić information content (AvgIpc) is 2.29. The summed E-state index contributed by atoms with van der Waals surface area (Å²) >= 11 is 0. The summed E-state index contributed by atoms with van der Waals surface area (Å²) in [7, 11) is 0. The summed E-state index contributed by atoms with van der Waals surface area (Å²) in [5, 5.41) is 3.32. The van der Waals surface area contributed by atoms with Gasteiger partial charge in [-0.05, 0) is 32.0 Å². The monoisotopic (exact) mass is 228 g/mol.